The maximum Gasteiger partial charge on any atom is 0.262 e. The molecule has 0 fully saturated rings. The van der Waals surface area contributed by atoms with Gasteiger partial charge in [-0.2, -0.15) is 0 Å². The number of hydrogen-bond donors (Lipinski definition) is 1. The standard InChI is InChI=1S/C16H15F2NO2/c1-10-3-4-11(2)15(7-10)21-9-16(20)19-12-5-6-13(17)14(18)8-12/h3-8H,9H2,1-2H3,(H,19,20). The second-order valence-electron chi connectivity index (χ2n) is 4.73. The second-order valence-corrected chi connectivity index (χ2v) is 4.73. The van der Waals surface area contributed by atoms with Crippen molar-refractivity contribution in [3.63, 3.8) is 0 Å². The van der Waals surface area contributed by atoms with Crippen molar-refractivity contribution >= 4 is 11.6 Å². The molecule has 0 heterocycles. The number of carbonyl (C=O) groups excluding carboxylic acids is 1. The maximum absolute atomic E-state index is 13.0. The van der Waals surface area contributed by atoms with E-state index < -0.39 is 17.5 Å². The van der Waals surface area contributed by atoms with Gasteiger partial charge in [-0.1, -0.05) is 12.1 Å². The van der Waals surface area contributed by atoms with Crippen LogP contribution in [0, 0.1) is 25.5 Å². The van der Waals surface area contributed by atoms with Crippen molar-refractivity contribution in [1.82, 2.24) is 0 Å². The van der Waals surface area contributed by atoms with Crippen LogP contribution < -0.4 is 10.1 Å². The molecule has 0 atom stereocenters. The molecule has 1 amide bonds. The first kappa shape index (κ1) is 15.0. The summed E-state index contributed by atoms with van der Waals surface area (Å²) in [5, 5.41) is 2.44. The molecular formula is C16H15F2NO2. The number of halogens is 2. The van der Waals surface area contributed by atoms with Gasteiger partial charge in [-0.05, 0) is 43.2 Å². The summed E-state index contributed by atoms with van der Waals surface area (Å²) in [6, 6.07) is 8.84. The van der Waals surface area contributed by atoms with Gasteiger partial charge in [-0.3, -0.25) is 4.79 Å². The zero-order valence-electron chi connectivity index (χ0n) is 11.7. The van der Waals surface area contributed by atoms with Crippen molar-refractivity contribution in [3.05, 3.63) is 59.2 Å². The third kappa shape index (κ3) is 4.02. The molecule has 2 aromatic carbocycles. The minimum Gasteiger partial charge on any atom is -0.483 e. The van der Waals surface area contributed by atoms with E-state index in [0.29, 0.717) is 5.75 Å². The minimum atomic E-state index is -1.01. The summed E-state index contributed by atoms with van der Waals surface area (Å²) in [5.41, 5.74) is 2.13. The number of rotatable bonds is 4. The molecule has 0 saturated heterocycles. The zero-order chi connectivity index (χ0) is 15.4. The Balaban J connectivity index is 1.95. The van der Waals surface area contributed by atoms with Crippen LogP contribution in [0.1, 0.15) is 11.1 Å². The molecule has 0 radical (unpaired) electrons. The first-order chi connectivity index (χ1) is 9.95. The van der Waals surface area contributed by atoms with E-state index in [4.69, 9.17) is 4.74 Å². The second kappa shape index (κ2) is 6.35. The van der Waals surface area contributed by atoms with Crippen LogP contribution in [0.3, 0.4) is 0 Å². The Morgan fingerprint density at radius 3 is 2.57 bits per heavy atom. The number of carbonyl (C=O) groups is 1. The molecule has 3 nitrogen and oxygen atoms in total. The van der Waals surface area contributed by atoms with Gasteiger partial charge < -0.3 is 10.1 Å². The van der Waals surface area contributed by atoms with Crippen LogP contribution in [0.4, 0.5) is 14.5 Å². The predicted molar refractivity (Wildman–Crippen MR) is 76.4 cm³/mol. The van der Waals surface area contributed by atoms with Crippen molar-refractivity contribution in [1.29, 1.82) is 0 Å². The molecular weight excluding hydrogens is 276 g/mol. The third-order valence-electron chi connectivity index (χ3n) is 2.91. The van der Waals surface area contributed by atoms with Crippen LogP contribution in [-0.2, 0) is 4.79 Å². The van der Waals surface area contributed by atoms with Crippen molar-refractivity contribution < 1.29 is 18.3 Å². The summed E-state index contributed by atoms with van der Waals surface area (Å²) in [6.45, 7) is 3.60. The molecule has 2 aromatic rings. The predicted octanol–water partition coefficient (Wildman–Crippen LogP) is 3.60. The molecule has 110 valence electrons. The van der Waals surface area contributed by atoms with Crippen molar-refractivity contribution in [2.45, 2.75) is 13.8 Å². The number of amides is 1. The lowest BCUT2D eigenvalue weighted by atomic mass is 10.1. The van der Waals surface area contributed by atoms with Gasteiger partial charge in [-0.25, -0.2) is 8.78 Å². The number of aryl methyl sites for hydroxylation is 2. The topological polar surface area (TPSA) is 38.3 Å². The Bertz CT molecular complexity index is 671. The fraction of sp³-hybridized carbons (Fsp3) is 0.188. The van der Waals surface area contributed by atoms with Gasteiger partial charge in [-0.15, -0.1) is 0 Å². The van der Waals surface area contributed by atoms with Crippen molar-refractivity contribution in [3.8, 4) is 5.75 Å². The van der Waals surface area contributed by atoms with Gasteiger partial charge in [0.15, 0.2) is 18.2 Å². The number of nitrogens with one attached hydrogen (secondary N) is 1. The summed E-state index contributed by atoms with van der Waals surface area (Å²) < 4.78 is 31.2. The molecule has 0 aliphatic heterocycles. The Morgan fingerprint density at radius 1 is 1.10 bits per heavy atom. The van der Waals surface area contributed by atoms with Gasteiger partial charge >= 0.3 is 0 Å². The fourth-order valence-corrected chi connectivity index (χ4v) is 1.78. The zero-order valence-corrected chi connectivity index (χ0v) is 11.7. The molecule has 0 aromatic heterocycles. The highest BCUT2D eigenvalue weighted by molar-refractivity contribution is 5.91. The van der Waals surface area contributed by atoms with Gasteiger partial charge in [0.1, 0.15) is 5.75 Å². The SMILES string of the molecule is Cc1ccc(C)c(OCC(=O)Nc2ccc(F)c(F)c2)c1. The van der Waals surface area contributed by atoms with Crippen LogP contribution >= 0.6 is 0 Å². The van der Waals surface area contributed by atoms with E-state index >= 15 is 0 Å². The molecule has 0 spiro atoms. The Labute approximate surface area is 121 Å². The van der Waals surface area contributed by atoms with Crippen LogP contribution in [0.5, 0.6) is 5.75 Å². The summed E-state index contributed by atoms with van der Waals surface area (Å²) in [4.78, 5) is 11.7. The summed E-state index contributed by atoms with van der Waals surface area (Å²) >= 11 is 0. The Hall–Kier alpha value is -2.43. The van der Waals surface area contributed by atoms with Gasteiger partial charge in [0.05, 0.1) is 0 Å². The van der Waals surface area contributed by atoms with Crippen LogP contribution in [0.25, 0.3) is 0 Å². The van der Waals surface area contributed by atoms with E-state index in [0.717, 1.165) is 23.3 Å². The normalized spacial score (nSPS) is 10.3. The van der Waals surface area contributed by atoms with E-state index in [2.05, 4.69) is 5.32 Å². The molecule has 0 aliphatic rings. The Morgan fingerprint density at radius 2 is 1.86 bits per heavy atom. The average molecular weight is 291 g/mol. The van der Waals surface area contributed by atoms with Gasteiger partial charge in [0, 0.05) is 11.8 Å². The molecule has 0 bridgehead atoms. The molecule has 0 aliphatic carbocycles. The lowest BCUT2D eigenvalue weighted by Gasteiger charge is -2.10. The molecule has 1 N–H and O–H groups in total. The first-order valence-electron chi connectivity index (χ1n) is 6.40. The third-order valence-corrected chi connectivity index (χ3v) is 2.91. The summed E-state index contributed by atoms with van der Waals surface area (Å²) in [5.74, 6) is -1.79. The van der Waals surface area contributed by atoms with E-state index in [1.807, 2.05) is 32.0 Å². The number of anilines is 1. The number of hydrogen-bond acceptors (Lipinski definition) is 2. The highest BCUT2D eigenvalue weighted by Crippen LogP contribution is 2.19. The highest BCUT2D eigenvalue weighted by atomic mass is 19.2. The average Bonchev–Trinajstić information content (AvgIpc) is 2.44. The molecule has 0 saturated carbocycles. The molecule has 2 rings (SSSR count). The number of benzene rings is 2. The lowest BCUT2D eigenvalue weighted by molar-refractivity contribution is -0.118. The van der Waals surface area contributed by atoms with Crippen LogP contribution in [0.2, 0.25) is 0 Å². The molecule has 21 heavy (non-hydrogen) atoms. The van der Waals surface area contributed by atoms with E-state index in [1.165, 1.54) is 6.07 Å². The first-order valence-corrected chi connectivity index (χ1v) is 6.40. The van der Waals surface area contributed by atoms with E-state index in [9.17, 15) is 13.6 Å². The maximum atomic E-state index is 13.0. The van der Waals surface area contributed by atoms with Crippen LogP contribution in [0.15, 0.2) is 36.4 Å². The quantitative estimate of drug-likeness (QED) is 0.934. The smallest absolute Gasteiger partial charge is 0.262 e. The lowest BCUT2D eigenvalue weighted by Crippen LogP contribution is -2.20. The van der Waals surface area contributed by atoms with Crippen molar-refractivity contribution in [2.24, 2.45) is 0 Å². The fourth-order valence-electron chi connectivity index (χ4n) is 1.78. The monoisotopic (exact) mass is 291 g/mol. The van der Waals surface area contributed by atoms with Crippen LogP contribution in [-0.4, -0.2) is 12.5 Å². The molecule has 5 heteroatoms. The summed E-state index contributed by atoms with van der Waals surface area (Å²) in [6.07, 6.45) is 0. The minimum absolute atomic E-state index is 0.184. The van der Waals surface area contributed by atoms with Crippen molar-refractivity contribution in [2.75, 3.05) is 11.9 Å². The van der Waals surface area contributed by atoms with Gasteiger partial charge in [0.25, 0.3) is 5.91 Å². The largest absolute Gasteiger partial charge is 0.483 e. The summed E-state index contributed by atoms with van der Waals surface area (Å²) in [7, 11) is 0. The van der Waals surface area contributed by atoms with E-state index in [1.54, 1.807) is 0 Å². The molecule has 0 unspecified atom stereocenters. The Kier molecular flexibility index (Phi) is 4.52. The van der Waals surface area contributed by atoms with Gasteiger partial charge in [0.2, 0.25) is 0 Å². The number of ether oxygens (including phenoxy) is 1. The highest BCUT2D eigenvalue weighted by Gasteiger charge is 2.08. The van der Waals surface area contributed by atoms with E-state index in [-0.39, 0.29) is 12.3 Å².